The van der Waals surface area contributed by atoms with Crippen molar-refractivity contribution in [3.05, 3.63) is 38.4 Å². The second kappa shape index (κ2) is 4.55. The van der Waals surface area contributed by atoms with Gasteiger partial charge in [0.25, 0.3) is 5.69 Å². The zero-order chi connectivity index (χ0) is 14.3. The molecule has 8 heteroatoms. The summed E-state index contributed by atoms with van der Waals surface area (Å²) in [5.74, 6) is 1.27. The molecule has 3 rings (SSSR count). The average Bonchev–Trinajstić information content (AvgIpc) is 3.09. The molecule has 8 nitrogen and oxygen atoms in total. The third-order valence-corrected chi connectivity index (χ3v) is 3.83. The molecule has 0 unspecified atom stereocenters. The molecule has 0 heterocycles. The minimum atomic E-state index is -0.658. The van der Waals surface area contributed by atoms with Crippen molar-refractivity contribution in [3.63, 3.8) is 0 Å². The van der Waals surface area contributed by atoms with Crippen LogP contribution in [0.4, 0.5) is 17.1 Å². The highest BCUT2D eigenvalue weighted by atomic mass is 16.6. The number of anilines is 1. The summed E-state index contributed by atoms with van der Waals surface area (Å²) in [6.07, 6.45) is 3.21. The maximum absolute atomic E-state index is 11.0. The largest absolute Gasteiger partial charge is 0.301 e. The third-order valence-electron chi connectivity index (χ3n) is 3.83. The van der Waals surface area contributed by atoms with Crippen molar-refractivity contribution in [1.82, 2.24) is 0 Å². The fourth-order valence-electron chi connectivity index (χ4n) is 2.64. The molecule has 0 spiro atoms. The first-order chi connectivity index (χ1) is 9.56. The Morgan fingerprint density at radius 1 is 1.25 bits per heavy atom. The summed E-state index contributed by atoms with van der Waals surface area (Å²) in [7, 11) is 0. The van der Waals surface area contributed by atoms with Gasteiger partial charge in [-0.2, -0.15) is 5.10 Å². The number of nitrogens with one attached hydrogen (secondary N) is 1. The number of non-ortho nitro benzene ring substituents is 1. The van der Waals surface area contributed by atoms with Crippen molar-refractivity contribution < 1.29 is 9.85 Å². The molecule has 0 amide bonds. The molecular formula is C12H12N4O4. The van der Waals surface area contributed by atoms with E-state index in [0.717, 1.165) is 37.0 Å². The van der Waals surface area contributed by atoms with Crippen LogP contribution >= 0.6 is 0 Å². The summed E-state index contributed by atoms with van der Waals surface area (Å²) in [5.41, 5.74) is 3.26. The van der Waals surface area contributed by atoms with E-state index in [1.54, 1.807) is 0 Å². The standard InChI is InChI=1S/C12H12N4O4/c17-15(18)8-2-4-11(12(6-8)16(19)20)14-13-10-3-1-7-5-9(7)10/h2,4,6-7,9,14H,1,3,5H2/b13-10-/t7-,9-/m0/s1. The van der Waals surface area contributed by atoms with Crippen LogP contribution in [0.15, 0.2) is 23.3 Å². The zero-order valence-electron chi connectivity index (χ0n) is 10.5. The van der Waals surface area contributed by atoms with Crippen molar-refractivity contribution >= 4 is 22.8 Å². The molecule has 0 aliphatic heterocycles. The van der Waals surface area contributed by atoms with Crippen LogP contribution in [0.2, 0.25) is 0 Å². The molecule has 2 fully saturated rings. The van der Waals surface area contributed by atoms with Crippen LogP contribution in [0.5, 0.6) is 0 Å². The Labute approximate surface area is 113 Å². The molecule has 0 aromatic heterocycles. The van der Waals surface area contributed by atoms with E-state index in [0.29, 0.717) is 5.92 Å². The highest BCUT2D eigenvalue weighted by molar-refractivity contribution is 5.92. The number of nitro benzene ring substituents is 2. The quantitative estimate of drug-likeness (QED) is 0.671. The lowest BCUT2D eigenvalue weighted by Crippen LogP contribution is -2.03. The third kappa shape index (κ3) is 2.20. The molecule has 1 aromatic carbocycles. The second-order valence-corrected chi connectivity index (χ2v) is 5.07. The molecule has 1 aromatic rings. The smallest absolute Gasteiger partial charge is 0.272 e. The molecule has 2 saturated carbocycles. The molecule has 2 aliphatic carbocycles. The molecule has 104 valence electrons. The number of benzene rings is 1. The van der Waals surface area contributed by atoms with Crippen LogP contribution in [0.1, 0.15) is 19.3 Å². The van der Waals surface area contributed by atoms with Crippen LogP contribution in [-0.2, 0) is 0 Å². The van der Waals surface area contributed by atoms with Gasteiger partial charge >= 0.3 is 5.69 Å². The molecular weight excluding hydrogens is 264 g/mol. The van der Waals surface area contributed by atoms with Crippen LogP contribution < -0.4 is 5.43 Å². The van der Waals surface area contributed by atoms with E-state index in [1.807, 2.05) is 0 Å². The first-order valence-corrected chi connectivity index (χ1v) is 6.31. The molecule has 2 aliphatic rings. The fraction of sp³-hybridized carbons (Fsp3) is 0.417. The van der Waals surface area contributed by atoms with Crippen LogP contribution in [-0.4, -0.2) is 15.6 Å². The van der Waals surface area contributed by atoms with E-state index in [4.69, 9.17) is 0 Å². The van der Waals surface area contributed by atoms with Crippen LogP contribution in [0.3, 0.4) is 0 Å². The lowest BCUT2D eigenvalue weighted by molar-refractivity contribution is -0.393. The first kappa shape index (κ1) is 12.5. The molecule has 20 heavy (non-hydrogen) atoms. The summed E-state index contributed by atoms with van der Waals surface area (Å²) in [6.45, 7) is 0. The Morgan fingerprint density at radius 3 is 2.60 bits per heavy atom. The summed E-state index contributed by atoms with van der Waals surface area (Å²) in [4.78, 5) is 20.3. The van der Waals surface area contributed by atoms with Crippen molar-refractivity contribution in [1.29, 1.82) is 0 Å². The topological polar surface area (TPSA) is 111 Å². The van der Waals surface area contributed by atoms with Gasteiger partial charge < -0.3 is 0 Å². The number of fused-ring (bicyclic) bond motifs is 1. The highest BCUT2D eigenvalue weighted by Crippen LogP contribution is 2.50. The normalized spacial score (nSPS) is 25.3. The minimum Gasteiger partial charge on any atom is -0.272 e. The predicted molar refractivity (Wildman–Crippen MR) is 71.6 cm³/mol. The fourth-order valence-corrected chi connectivity index (χ4v) is 2.64. The number of nitrogens with zero attached hydrogens (tertiary/aromatic N) is 3. The van der Waals surface area contributed by atoms with E-state index in [1.165, 1.54) is 12.1 Å². The average molecular weight is 276 g/mol. The van der Waals surface area contributed by atoms with Gasteiger partial charge in [-0.25, -0.2) is 0 Å². The van der Waals surface area contributed by atoms with E-state index in [-0.39, 0.29) is 17.1 Å². The van der Waals surface area contributed by atoms with Crippen LogP contribution in [0.25, 0.3) is 0 Å². The van der Waals surface area contributed by atoms with Crippen molar-refractivity contribution in [2.75, 3.05) is 5.43 Å². The lowest BCUT2D eigenvalue weighted by atomic mass is 10.2. The number of nitro groups is 2. The SMILES string of the molecule is O=[N+]([O-])c1ccc(N/N=C2/CC[C@H]3C[C@H]23)c([N+](=O)[O-])c1. The zero-order valence-corrected chi connectivity index (χ0v) is 10.5. The van der Waals surface area contributed by atoms with Crippen molar-refractivity contribution in [2.45, 2.75) is 19.3 Å². The molecule has 2 atom stereocenters. The summed E-state index contributed by atoms with van der Waals surface area (Å²) < 4.78 is 0. The van der Waals surface area contributed by atoms with Crippen LogP contribution in [0, 0.1) is 32.1 Å². The highest BCUT2D eigenvalue weighted by Gasteiger charge is 2.45. The Kier molecular flexibility index (Phi) is 2.85. The summed E-state index contributed by atoms with van der Waals surface area (Å²) >= 11 is 0. The maximum Gasteiger partial charge on any atom is 0.301 e. The van der Waals surface area contributed by atoms with E-state index in [9.17, 15) is 20.2 Å². The molecule has 1 N–H and O–H groups in total. The van der Waals surface area contributed by atoms with Gasteiger partial charge in [0, 0.05) is 17.7 Å². The maximum atomic E-state index is 11.0. The van der Waals surface area contributed by atoms with Crippen molar-refractivity contribution in [3.8, 4) is 0 Å². The van der Waals surface area contributed by atoms with E-state index >= 15 is 0 Å². The number of hydrogen-bond acceptors (Lipinski definition) is 6. The summed E-state index contributed by atoms with van der Waals surface area (Å²) in [5, 5.41) is 25.8. The van der Waals surface area contributed by atoms with E-state index in [2.05, 4.69) is 10.5 Å². The Morgan fingerprint density at radius 2 is 2.05 bits per heavy atom. The Bertz CT molecular complexity index is 628. The molecule has 0 radical (unpaired) electrons. The van der Waals surface area contributed by atoms with Gasteiger partial charge in [-0.15, -0.1) is 0 Å². The Balaban J connectivity index is 1.85. The monoisotopic (exact) mass is 276 g/mol. The van der Waals surface area contributed by atoms with Gasteiger partial charge in [0.15, 0.2) is 0 Å². The summed E-state index contributed by atoms with van der Waals surface area (Å²) in [6, 6.07) is 3.49. The molecule has 0 bridgehead atoms. The van der Waals surface area contributed by atoms with Gasteiger partial charge in [-0.1, -0.05) is 0 Å². The second-order valence-electron chi connectivity index (χ2n) is 5.07. The number of rotatable bonds is 4. The number of hydrazone groups is 1. The van der Waals surface area contributed by atoms with Gasteiger partial charge in [0.1, 0.15) is 5.69 Å². The molecule has 0 saturated heterocycles. The van der Waals surface area contributed by atoms with Gasteiger partial charge in [-0.05, 0) is 31.2 Å². The number of hydrogen-bond donors (Lipinski definition) is 1. The first-order valence-electron chi connectivity index (χ1n) is 6.31. The van der Waals surface area contributed by atoms with Crippen molar-refractivity contribution in [2.24, 2.45) is 16.9 Å². The predicted octanol–water partition coefficient (Wildman–Crippen LogP) is 2.70. The van der Waals surface area contributed by atoms with Gasteiger partial charge in [-0.3, -0.25) is 25.7 Å². The lowest BCUT2D eigenvalue weighted by Gasteiger charge is -2.04. The Hall–Kier alpha value is -2.51. The van der Waals surface area contributed by atoms with Gasteiger partial charge in [0.05, 0.1) is 15.9 Å². The van der Waals surface area contributed by atoms with Gasteiger partial charge in [0.2, 0.25) is 0 Å². The minimum absolute atomic E-state index is 0.178. The van der Waals surface area contributed by atoms with E-state index < -0.39 is 9.85 Å².